The molecule has 0 radical (unpaired) electrons. The van der Waals surface area contributed by atoms with Crippen LogP contribution in [0.2, 0.25) is 0 Å². The predicted molar refractivity (Wildman–Crippen MR) is 63.3 cm³/mol. The van der Waals surface area contributed by atoms with Crippen molar-refractivity contribution in [3.8, 4) is 0 Å². The molecule has 0 saturated heterocycles. The molecular formula is C12H14N2O2. The van der Waals surface area contributed by atoms with Crippen LogP contribution in [0.3, 0.4) is 0 Å². The number of nitrogens with one attached hydrogen (secondary N) is 1. The average molecular weight is 218 g/mol. The molecule has 84 valence electrons. The molecule has 1 heterocycles. The monoisotopic (exact) mass is 218 g/mol. The van der Waals surface area contributed by atoms with Gasteiger partial charge in [0, 0.05) is 18.2 Å². The minimum atomic E-state index is -0.337. The first kappa shape index (κ1) is 10.8. The third-order valence-corrected chi connectivity index (χ3v) is 2.83. The SMILES string of the molecule is Cc1cc(C2=CCNCC2)ccc1[N+](=O)[O-]. The van der Waals surface area contributed by atoms with E-state index in [2.05, 4.69) is 11.4 Å². The van der Waals surface area contributed by atoms with Crippen LogP contribution in [0.5, 0.6) is 0 Å². The first-order valence-electron chi connectivity index (χ1n) is 5.33. The van der Waals surface area contributed by atoms with Crippen molar-refractivity contribution in [1.29, 1.82) is 0 Å². The van der Waals surface area contributed by atoms with E-state index in [9.17, 15) is 10.1 Å². The molecule has 0 saturated carbocycles. The summed E-state index contributed by atoms with van der Waals surface area (Å²) in [6, 6.07) is 5.32. The highest BCUT2D eigenvalue weighted by Crippen LogP contribution is 2.25. The fourth-order valence-corrected chi connectivity index (χ4v) is 1.94. The van der Waals surface area contributed by atoms with Crippen molar-refractivity contribution in [2.75, 3.05) is 13.1 Å². The van der Waals surface area contributed by atoms with Gasteiger partial charge < -0.3 is 5.32 Å². The lowest BCUT2D eigenvalue weighted by Gasteiger charge is -2.14. The topological polar surface area (TPSA) is 55.2 Å². The first-order chi connectivity index (χ1) is 7.68. The predicted octanol–water partition coefficient (Wildman–Crippen LogP) is 2.28. The van der Waals surface area contributed by atoms with Crippen LogP contribution in [-0.2, 0) is 0 Å². The maximum absolute atomic E-state index is 10.7. The fraction of sp³-hybridized carbons (Fsp3) is 0.333. The van der Waals surface area contributed by atoms with E-state index in [1.807, 2.05) is 12.1 Å². The lowest BCUT2D eigenvalue weighted by Crippen LogP contribution is -2.20. The van der Waals surface area contributed by atoms with E-state index < -0.39 is 0 Å². The van der Waals surface area contributed by atoms with Crippen molar-refractivity contribution in [2.45, 2.75) is 13.3 Å². The normalized spacial score (nSPS) is 15.7. The second-order valence-electron chi connectivity index (χ2n) is 3.94. The molecule has 0 amide bonds. The highest BCUT2D eigenvalue weighted by molar-refractivity contribution is 5.68. The second-order valence-corrected chi connectivity index (χ2v) is 3.94. The molecule has 1 aromatic carbocycles. The Morgan fingerprint density at radius 2 is 2.25 bits per heavy atom. The van der Waals surface area contributed by atoms with Crippen LogP contribution in [-0.4, -0.2) is 18.0 Å². The van der Waals surface area contributed by atoms with Crippen LogP contribution in [0.15, 0.2) is 24.3 Å². The highest BCUT2D eigenvalue weighted by Gasteiger charge is 2.12. The Kier molecular flexibility index (Phi) is 3.01. The zero-order chi connectivity index (χ0) is 11.5. The van der Waals surface area contributed by atoms with Gasteiger partial charge in [-0.05, 0) is 43.2 Å². The summed E-state index contributed by atoms with van der Waals surface area (Å²) in [6.07, 6.45) is 3.13. The molecule has 0 bridgehead atoms. The summed E-state index contributed by atoms with van der Waals surface area (Å²) in [6.45, 7) is 3.64. The van der Waals surface area contributed by atoms with Gasteiger partial charge in [0.15, 0.2) is 0 Å². The number of nitro benzene ring substituents is 1. The van der Waals surface area contributed by atoms with Crippen molar-refractivity contribution in [1.82, 2.24) is 5.32 Å². The van der Waals surface area contributed by atoms with E-state index in [0.717, 1.165) is 30.6 Å². The van der Waals surface area contributed by atoms with Crippen molar-refractivity contribution in [2.24, 2.45) is 0 Å². The molecule has 4 nitrogen and oxygen atoms in total. The van der Waals surface area contributed by atoms with Gasteiger partial charge in [-0.2, -0.15) is 0 Å². The van der Waals surface area contributed by atoms with Crippen molar-refractivity contribution >= 4 is 11.3 Å². The molecule has 4 heteroatoms. The minimum absolute atomic E-state index is 0.193. The van der Waals surface area contributed by atoms with E-state index in [1.54, 1.807) is 13.0 Å². The van der Waals surface area contributed by atoms with Gasteiger partial charge >= 0.3 is 0 Å². The molecule has 0 unspecified atom stereocenters. The molecule has 1 aliphatic rings. The summed E-state index contributed by atoms with van der Waals surface area (Å²) in [5.41, 5.74) is 3.29. The van der Waals surface area contributed by atoms with Crippen LogP contribution in [0.1, 0.15) is 17.5 Å². The number of nitro groups is 1. The molecule has 0 fully saturated rings. The van der Waals surface area contributed by atoms with Crippen molar-refractivity contribution < 1.29 is 4.92 Å². The lowest BCUT2D eigenvalue weighted by atomic mass is 9.98. The number of hydrogen-bond donors (Lipinski definition) is 1. The molecule has 2 rings (SSSR count). The van der Waals surface area contributed by atoms with Crippen LogP contribution in [0.4, 0.5) is 5.69 Å². The van der Waals surface area contributed by atoms with Crippen molar-refractivity contribution in [3.63, 3.8) is 0 Å². The zero-order valence-electron chi connectivity index (χ0n) is 9.19. The lowest BCUT2D eigenvalue weighted by molar-refractivity contribution is -0.385. The van der Waals surface area contributed by atoms with Crippen LogP contribution in [0, 0.1) is 17.0 Å². The van der Waals surface area contributed by atoms with Crippen LogP contribution in [0.25, 0.3) is 5.57 Å². The standard InChI is InChI=1S/C12H14N2O2/c1-9-8-11(2-3-12(9)14(15)16)10-4-6-13-7-5-10/h2-4,8,13H,5-7H2,1H3. The number of hydrogen-bond acceptors (Lipinski definition) is 3. The molecule has 1 aliphatic heterocycles. The smallest absolute Gasteiger partial charge is 0.272 e. The van der Waals surface area contributed by atoms with Crippen LogP contribution < -0.4 is 5.32 Å². The van der Waals surface area contributed by atoms with Gasteiger partial charge in [0.1, 0.15) is 0 Å². The van der Waals surface area contributed by atoms with Gasteiger partial charge in [0.2, 0.25) is 0 Å². The van der Waals surface area contributed by atoms with E-state index in [0.29, 0.717) is 0 Å². The Balaban J connectivity index is 2.33. The summed E-state index contributed by atoms with van der Waals surface area (Å²) in [4.78, 5) is 10.4. The Bertz CT molecular complexity index is 452. The summed E-state index contributed by atoms with van der Waals surface area (Å²) >= 11 is 0. The third-order valence-electron chi connectivity index (χ3n) is 2.83. The largest absolute Gasteiger partial charge is 0.313 e. The summed E-state index contributed by atoms with van der Waals surface area (Å²) in [5.74, 6) is 0. The van der Waals surface area contributed by atoms with E-state index in [4.69, 9.17) is 0 Å². The average Bonchev–Trinajstić information content (AvgIpc) is 2.29. The summed E-state index contributed by atoms with van der Waals surface area (Å²) in [5, 5.41) is 13.9. The van der Waals surface area contributed by atoms with E-state index in [1.165, 1.54) is 5.57 Å². The molecular weight excluding hydrogens is 204 g/mol. The molecule has 1 aromatic rings. The molecule has 0 atom stereocenters. The minimum Gasteiger partial charge on any atom is -0.313 e. The Morgan fingerprint density at radius 3 is 2.81 bits per heavy atom. The number of aryl methyl sites for hydroxylation is 1. The molecule has 16 heavy (non-hydrogen) atoms. The van der Waals surface area contributed by atoms with Gasteiger partial charge in [-0.15, -0.1) is 0 Å². The van der Waals surface area contributed by atoms with Gasteiger partial charge in [-0.3, -0.25) is 10.1 Å². The molecule has 0 spiro atoms. The Morgan fingerprint density at radius 1 is 1.44 bits per heavy atom. The fourth-order valence-electron chi connectivity index (χ4n) is 1.94. The van der Waals surface area contributed by atoms with E-state index >= 15 is 0 Å². The van der Waals surface area contributed by atoms with E-state index in [-0.39, 0.29) is 10.6 Å². The number of benzene rings is 1. The number of nitrogens with zero attached hydrogens (tertiary/aromatic N) is 1. The maximum atomic E-state index is 10.7. The van der Waals surface area contributed by atoms with Gasteiger partial charge in [-0.1, -0.05) is 6.08 Å². The second kappa shape index (κ2) is 4.45. The third kappa shape index (κ3) is 2.12. The number of rotatable bonds is 2. The first-order valence-corrected chi connectivity index (χ1v) is 5.33. The highest BCUT2D eigenvalue weighted by atomic mass is 16.6. The van der Waals surface area contributed by atoms with Crippen molar-refractivity contribution in [3.05, 3.63) is 45.5 Å². The molecule has 0 aromatic heterocycles. The molecule has 0 aliphatic carbocycles. The summed E-state index contributed by atoms with van der Waals surface area (Å²) in [7, 11) is 0. The van der Waals surface area contributed by atoms with Gasteiger partial charge in [0.25, 0.3) is 5.69 Å². The van der Waals surface area contributed by atoms with Gasteiger partial charge in [-0.25, -0.2) is 0 Å². The maximum Gasteiger partial charge on any atom is 0.272 e. The zero-order valence-corrected chi connectivity index (χ0v) is 9.19. The Hall–Kier alpha value is -1.68. The van der Waals surface area contributed by atoms with Crippen LogP contribution >= 0.6 is 0 Å². The molecule has 1 N–H and O–H groups in total. The summed E-state index contributed by atoms with van der Waals surface area (Å²) < 4.78 is 0. The quantitative estimate of drug-likeness (QED) is 0.612. The van der Waals surface area contributed by atoms with Gasteiger partial charge in [0.05, 0.1) is 4.92 Å². The Labute approximate surface area is 94.1 Å².